The molecule has 1 amide bonds. The Morgan fingerprint density at radius 2 is 1.97 bits per heavy atom. The molecule has 1 aliphatic rings. The maximum absolute atomic E-state index is 14.4. The Morgan fingerprint density at radius 1 is 1.19 bits per heavy atom. The van der Waals surface area contributed by atoms with Crippen molar-refractivity contribution in [2.45, 2.75) is 44.8 Å². The zero-order valence-electron chi connectivity index (χ0n) is 17.2. The molecule has 1 saturated heterocycles. The Kier molecular flexibility index (Phi) is 5.59. The monoisotopic (exact) mass is 445 g/mol. The van der Waals surface area contributed by atoms with Crippen molar-refractivity contribution < 1.29 is 22.4 Å². The van der Waals surface area contributed by atoms with Gasteiger partial charge < -0.3 is 4.90 Å². The van der Waals surface area contributed by atoms with E-state index in [0.717, 1.165) is 31.7 Å². The van der Waals surface area contributed by atoms with Crippen LogP contribution in [0.5, 0.6) is 0 Å². The van der Waals surface area contributed by atoms with Crippen molar-refractivity contribution in [1.29, 1.82) is 5.26 Å². The molecule has 0 spiro atoms. The molecule has 0 aliphatic carbocycles. The minimum Gasteiger partial charge on any atom is -0.335 e. The maximum Gasteiger partial charge on any atom is 0.433 e. The topological polar surface area (TPSA) is 74.3 Å². The third kappa shape index (κ3) is 4.02. The summed E-state index contributed by atoms with van der Waals surface area (Å²) in [6.45, 7) is 2.33. The van der Waals surface area contributed by atoms with Gasteiger partial charge in [0.1, 0.15) is 11.5 Å². The lowest BCUT2D eigenvalue weighted by Crippen LogP contribution is -2.39. The van der Waals surface area contributed by atoms with Gasteiger partial charge in [-0.3, -0.25) is 4.79 Å². The van der Waals surface area contributed by atoms with Crippen LogP contribution in [-0.2, 0) is 6.18 Å². The number of aromatic nitrogens is 3. The zero-order chi connectivity index (χ0) is 23.0. The Bertz CT molecular complexity index is 1230. The number of fused-ring (bicyclic) bond motifs is 1. The molecule has 4 rings (SSSR count). The first-order valence-electron chi connectivity index (χ1n) is 10.2. The summed E-state index contributed by atoms with van der Waals surface area (Å²) in [6.07, 6.45) is -1.36. The molecule has 0 saturated carbocycles. The van der Waals surface area contributed by atoms with Gasteiger partial charge in [-0.05, 0) is 38.0 Å². The van der Waals surface area contributed by atoms with Gasteiger partial charge in [-0.25, -0.2) is 13.9 Å². The molecule has 2 aromatic heterocycles. The van der Waals surface area contributed by atoms with Crippen LogP contribution in [0.2, 0.25) is 0 Å². The van der Waals surface area contributed by atoms with Crippen LogP contribution in [0, 0.1) is 17.1 Å². The van der Waals surface area contributed by atoms with Gasteiger partial charge in [-0.2, -0.15) is 23.5 Å². The molecule has 166 valence electrons. The Labute approximate surface area is 181 Å². The van der Waals surface area contributed by atoms with Crippen LogP contribution in [0.4, 0.5) is 17.6 Å². The minimum absolute atomic E-state index is 0.0726. The van der Waals surface area contributed by atoms with Crippen LogP contribution in [0.3, 0.4) is 0 Å². The van der Waals surface area contributed by atoms with E-state index < -0.39 is 23.6 Å². The largest absolute Gasteiger partial charge is 0.433 e. The highest BCUT2D eigenvalue weighted by atomic mass is 19.4. The van der Waals surface area contributed by atoms with Gasteiger partial charge in [-0.15, -0.1) is 0 Å². The standard InChI is InChI=1S/C22H19F4N5O/c1-13-5-3-2-4-8-30(13)21(32)18-10-19(22(24,25)26)31-20(28-18)11-17(29-31)15-7-6-14(12-27)9-16(15)23/h6-7,9-11,13H,2-5,8H2,1H3. The second kappa shape index (κ2) is 8.22. The van der Waals surface area contributed by atoms with E-state index in [0.29, 0.717) is 17.1 Å². The lowest BCUT2D eigenvalue weighted by Gasteiger charge is -2.27. The van der Waals surface area contributed by atoms with E-state index in [9.17, 15) is 22.4 Å². The molecule has 1 aliphatic heterocycles. The number of nitrogens with zero attached hydrogens (tertiary/aromatic N) is 5. The number of amides is 1. The van der Waals surface area contributed by atoms with E-state index in [1.165, 1.54) is 18.2 Å². The maximum atomic E-state index is 14.4. The molecule has 1 unspecified atom stereocenters. The van der Waals surface area contributed by atoms with E-state index >= 15 is 0 Å². The number of likely N-dealkylation sites (tertiary alicyclic amines) is 1. The fourth-order valence-corrected chi connectivity index (χ4v) is 3.93. The second-order valence-corrected chi connectivity index (χ2v) is 7.83. The predicted octanol–water partition coefficient (Wildman–Crippen LogP) is 4.83. The number of alkyl halides is 3. The lowest BCUT2D eigenvalue weighted by atomic mass is 10.1. The van der Waals surface area contributed by atoms with Gasteiger partial charge in [0.2, 0.25) is 0 Å². The molecule has 6 nitrogen and oxygen atoms in total. The fraction of sp³-hybridized carbons (Fsp3) is 0.364. The van der Waals surface area contributed by atoms with Gasteiger partial charge in [0.15, 0.2) is 11.3 Å². The summed E-state index contributed by atoms with van der Waals surface area (Å²) in [6, 6.07) is 7.17. The van der Waals surface area contributed by atoms with Crippen LogP contribution in [0.1, 0.15) is 54.4 Å². The van der Waals surface area contributed by atoms with Crippen LogP contribution < -0.4 is 0 Å². The number of benzene rings is 1. The van der Waals surface area contributed by atoms with Crippen molar-refractivity contribution in [3.8, 4) is 17.3 Å². The zero-order valence-corrected chi connectivity index (χ0v) is 17.2. The van der Waals surface area contributed by atoms with E-state index in [2.05, 4.69) is 10.1 Å². The highest BCUT2D eigenvalue weighted by Crippen LogP contribution is 2.32. The van der Waals surface area contributed by atoms with Crippen molar-refractivity contribution >= 4 is 11.6 Å². The molecule has 3 aromatic rings. The second-order valence-electron chi connectivity index (χ2n) is 7.83. The van der Waals surface area contributed by atoms with E-state index in [1.54, 1.807) is 11.0 Å². The molecule has 1 aromatic carbocycles. The Morgan fingerprint density at radius 3 is 2.66 bits per heavy atom. The first-order valence-corrected chi connectivity index (χ1v) is 10.2. The highest BCUT2D eigenvalue weighted by molar-refractivity contribution is 5.93. The first kappa shape index (κ1) is 21.7. The molecule has 0 N–H and O–H groups in total. The highest BCUT2D eigenvalue weighted by Gasteiger charge is 2.37. The van der Waals surface area contributed by atoms with Crippen LogP contribution >= 0.6 is 0 Å². The average molecular weight is 445 g/mol. The molecule has 32 heavy (non-hydrogen) atoms. The number of rotatable bonds is 2. The third-order valence-electron chi connectivity index (χ3n) is 5.62. The van der Waals surface area contributed by atoms with Crippen molar-refractivity contribution in [3.63, 3.8) is 0 Å². The van der Waals surface area contributed by atoms with Crippen molar-refractivity contribution in [3.05, 3.63) is 53.1 Å². The summed E-state index contributed by atoms with van der Waals surface area (Å²) in [7, 11) is 0. The summed E-state index contributed by atoms with van der Waals surface area (Å²) in [5, 5.41) is 12.8. The van der Waals surface area contributed by atoms with Gasteiger partial charge >= 0.3 is 6.18 Å². The van der Waals surface area contributed by atoms with Crippen molar-refractivity contribution in [1.82, 2.24) is 19.5 Å². The Balaban J connectivity index is 1.83. The third-order valence-corrected chi connectivity index (χ3v) is 5.62. The number of nitriles is 1. The number of halogens is 4. The molecule has 0 bridgehead atoms. The SMILES string of the molecule is CC1CCCCCN1C(=O)c1cc(C(F)(F)F)n2nc(-c3ccc(C#N)cc3F)cc2n1. The molecular weight excluding hydrogens is 426 g/mol. The van der Waals surface area contributed by atoms with Crippen LogP contribution in [-0.4, -0.2) is 38.0 Å². The number of carbonyl (C=O) groups is 1. The fourth-order valence-electron chi connectivity index (χ4n) is 3.93. The minimum atomic E-state index is -4.81. The first-order chi connectivity index (χ1) is 15.2. The molecule has 3 heterocycles. The van der Waals surface area contributed by atoms with Crippen LogP contribution in [0.15, 0.2) is 30.3 Å². The van der Waals surface area contributed by atoms with E-state index in [1.807, 2.05) is 6.92 Å². The number of hydrogen-bond donors (Lipinski definition) is 0. The smallest absolute Gasteiger partial charge is 0.335 e. The Hall–Kier alpha value is -3.48. The lowest BCUT2D eigenvalue weighted by molar-refractivity contribution is -0.142. The summed E-state index contributed by atoms with van der Waals surface area (Å²) in [5.41, 5.74) is -1.80. The van der Waals surface area contributed by atoms with E-state index in [4.69, 9.17) is 5.26 Å². The van der Waals surface area contributed by atoms with Gasteiger partial charge in [0, 0.05) is 30.3 Å². The number of hydrogen-bond acceptors (Lipinski definition) is 4. The summed E-state index contributed by atoms with van der Waals surface area (Å²) < 4.78 is 56.4. The average Bonchev–Trinajstić information content (AvgIpc) is 3.05. The normalized spacial score (nSPS) is 17.2. The molecule has 10 heteroatoms. The quantitative estimate of drug-likeness (QED) is 0.530. The van der Waals surface area contributed by atoms with Crippen molar-refractivity contribution in [2.24, 2.45) is 0 Å². The number of carbonyl (C=O) groups excluding carboxylic acids is 1. The van der Waals surface area contributed by atoms with Crippen LogP contribution in [0.25, 0.3) is 16.9 Å². The molecular formula is C22H19F4N5O. The predicted molar refractivity (Wildman–Crippen MR) is 107 cm³/mol. The summed E-state index contributed by atoms with van der Waals surface area (Å²) >= 11 is 0. The van der Waals surface area contributed by atoms with Gasteiger partial charge in [0.05, 0.1) is 17.3 Å². The molecule has 1 atom stereocenters. The molecule has 1 fully saturated rings. The van der Waals surface area contributed by atoms with Crippen molar-refractivity contribution in [2.75, 3.05) is 6.54 Å². The molecule has 0 radical (unpaired) electrons. The van der Waals surface area contributed by atoms with Gasteiger partial charge in [-0.1, -0.05) is 12.8 Å². The summed E-state index contributed by atoms with van der Waals surface area (Å²) in [4.78, 5) is 18.8. The van der Waals surface area contributed by atoms with E-state index in [-0.39, 0.29) is 34.2 Å². The summed E-state index contributed by atoms with van der Waals surface area (Å²) in [5.74, 6) is -1.37. The van der Waals surface area contributed by atoms with Gasteiger partial charge in [0.25, 0.3) is 5.91 Å².